The van der Waals surface area contributed by atoms with E-state index in [0.717, 1.165) is 24.1 Å². The molecule has 116 valence electrons. The Kier molecular flexibility index (Phi) is 4.44. The highest BCUT2D eigenvalue weighted by atomic mass is 35.5. The van der Waals surface area contributed by atoms with Crippen molar-refractivity contribution in [3.63, 3.8) is 0 Å². The summed E-state index contributed by atoms with van der Waals surface area (Å²) in [5.74, 6) is -0.0982. The molecule has 0 saturated carbocycles. The zero-order valence-electron chi connectivity index (χ0n) is 12.9. The molecule has 1 saturated heterocycles. The molecule has 2 rings (SSSR count). The number of hydrogen-bond donors (Lipinski definition) is 1. The summed E-state index contributed by atoms with van der Waals surface area (Å²) in [6, 6.07) is -0.139. The van der Waals surface area contributed by atoms with Crippen molar-refractivity contribution in [1.29, 1.82) is 0 Å². The molecule has 1 fully saturated rings. The van der Waals surface area contributed by atoms with Gasteiger partial charge in [0, 0.05) is 25.2 Å². The van der Waals surface area contributed by atoms with Gasteiger partial charge < -0.3 is 10.0 Å². The van der Waals surface area contributed by atoms with Crippen molar-refractivity contribution in [3.05, 3.63) is 22.5 Å². The zero-order valence-corrected chi connectivity index (χ0v) is 13.7. The van der Waals surface area contributed by atoms with Gasteiger partial charge in [-0.2, -0.15) is 5.10 Å². The second kappa shape index (κ2) is 5.81. The van der Waals surface area contributed by atoms with Crippen LogP contribution >= 0.6 is 11.6 Å². The van der Waals surface area contributed by atoms with Crippen LogP contribution in [-0.4, -0.2) is 43.9 Å². The standard InChI is InChI=1S/C15H22ClN3O2/c1-10-11(14(16)18(4)17-10)7-8-13(20)19-9-5-6-12(19)15(2,3)21/h7-8,12,21H,5-6,9H2,1-4H3/b8-7+. The molecule has 1 aromatic heterocycles. The third-order valence-corrected chi connectivity index (χ3v) is 4.39. The van der Waals surface area contributed by atoms with Crippen molar-refractivity contribution in [2.24, 2.45) is 7.05 Å². The molecule has 1 unspecified atom stereocenters. The van der Waals surface area contributed by atoms with Gasteiger partial charge >= 0.3 is 0 Å². The molecule has 1 aromatic rings. The fraction of sp³-hybridized carbons (Fsp3) is 0.600. The number of aromatic nitrogens is 2. The van der Waals surface area contributed by atoms with Gasteiger partial charge in [0.1, 0.15) is 5.15 Å². The maximum absolute atomic E-state index is 12.4. The predicted molar refractivity (Wildman–Crippen MR) is 83.0 cm³/mol. The molecular weight excluding hydrogens is 290 g/mol. The summed E-state index contributed by atoms with van der Waals surface area (Å²) in [5.41, 5.74) is 0.653. The number of aryl methyl sites for hydroxylation is 2. The van der Waals surface area contributed by atoms with Gasteiger partial charge in [-0.1, -0.05) is 11.6 Å². The SMILES string of the molecule is Cc1nn(C)c(Cl)c1/C=C/C(=O)N1CCCC1C(C)(C)O. The second-order valence-corrected chi connectivity index (χ2v) is 6.45. The first-order valence-corrected chi connectivity index (χ1v) is 7.49. The third-order valence-electron chi connectivity index (χ3n) is 3.94. The lowest BCUT2D eigenvalue weighted by atomic mass is 9.96. The van der Waals surface area contributed by atoms with Crippen LogP contribution in [0.4, 0.5) is 0 Å². The molecule has 0 bridgehead atoms. The van der Waals surface area contributed by atoms with E-state index in [0.29, 0.717) is 11.7 Å². The number of carbonyl (C=O) groups excluding carboxylic acids is 1. The summed E-state index contributed by atoms with van der Waals surface area (Å²) in [6.07, 6.45) is 4.96. The van der Waals surface area contributed by atoms with Crippen LogP contribution in [0.15, 0.2) is 6.08 Å². The molecular formula is C15H22ClN3O2. The van der Waals surface area contributed by atoms with E-state index in [-0.39, 0.29) is 11.9 Å². The first kappa shape index (κ1) is 16.0. The molecule has 1 atom stereocenters. The minimum Gasteiger partial charge on any atom is -0.388 e. The summed E-state index contributed by atoms with van der Waals surface area (Å²) in [7, 11) is 1.76. The maximum Gasteiger partial charge on any atom is 0.246 e. The van der Waals surface area contributed by atoms with Crippen molar-refractivity contribution < 1.29 is 9.90 Å². The van der Waals surface area contributed by atoms with E-state index >= 15 is 0 Å². The van der Waals surface area contributed by atoms with Gasteiger partial charge in [-0.05, 0) is 39.7 Å². The lowest BCUT2D eigenvalue weighted by Crippen LogP contribution is -2.47. The number of aliphatic hydroxyl groups is 1. The Bertz CT molecular complexity index is 572. The molecule has 0 aliphatic carbocycles. The van der Waals surface area contributed by atoms with Crippen molar-refractivity contribution in [3.8, 4) is 0 Å². The highest BCUT2D eigenvalue weighted by Gasteiger charge is 2.37. The molecule has 0 spiro atoms. The third kappa shape index (κ3) is 3.30. The van der Waals surface area contributed by atoms with E-state index in [1.807, 2.05) is 6.92 Å². The molecule has 21 heavy (non-hydrogen) atoms. The Morgan fingerprint density at radius 2 is 2.19 bits per heavy atom. The Morgan fingerprint density at radius 3 is 2.71 bits per heavy atom. The Labute approximate surface area is 130 Å². The molecule has 1 aliphatic rings. The number of carbonyl (C=O) groups is 1. The van der Waals surface area contributed by atoms with Crippen LogP contribution in [0.25, 0.3) is 6.08 Å². The van der Waals surface area contributed by atoms with Crippen molar-refractivity contribution in [2.45, 2.75) is 45.3 Å². The summed E-state index contributed by atoms with van der Waals surface area (Å²) in [5, 5.41) is 14.9. The number of nitrogens with zero attached hydrogens (tertiary/aromatic N) is 3. The fourth-order valence-electron chi connectivity index (χ4n) is 2.85. The van der Waals surface area contributed by atoms with Gasteiger partial charge in [0.25, 0.3) is 0 Å². The molecule has 0 aromatic carbocycles. The Balaban J connectivity index is 2.16. The number of hydrogen-bond acceptors (Lipinski definition) is 3. The quantitative estimate of drug-likeness (QED) is 0.870. The Hall–Kier alpha value is -1.33. The first-order valence-electron chi connectivity index (χ1n) is 7.12. The van der Waals surface area contributed by atoms with Crippen LogP contribution in [0.5, 0.6) is 0 Å². The van der Waals surface area contributed by atoms with E-state index in [1.54, 1.807) is 36.6 Å². The van der Waals surface area contributed by atoms with Crippen LogP contribution in [0.2, 0.25) is 5.15 Å². The van der Waals surface area contributed by atoms with Gasteiger partial charge in [-0.25, -0.2) is 0 Å². The smallest absolute Gasteiger partial charge is 0.246 e. The predicted octanol–water partition coefficient (Wildman–Crippen LogP) is 2.16. The maximum atomic E-state index is 12.4. The molecule has 1 N–H and O–H groups in total. The fourth-order valence-corrected chi connectivity index (χ4v) is 3.09. The van der Waals surface area contributed by atoms with Gasteiger partial charge in [0.15, 0.2) is 0 Å². The van der Waals surface area contributed by atoms with Crippen LogP contribution < -0.4 is 0 Å². The largest absolute Gasteiger partial charge is 0.388 e. The number of amides is 1. The highest BCUT2D eigenvalue weighted by Crippen LogP contribution is 2.27. The van der Waals surface area contributed by atoms with Crippen LogP contribution in [0.1, 0.15) is 37.9 Å². The second-order valence-electron chi connectivity index (χ2n) is 6.09. The summed E-state index contributed by atoms with van der Waals surface area (Å²) in [6.45, 7) is 6.02. The van der Waals surface area contributed by atoms with Gasteiger partial charge in [0.05, 0.1) is 17.3 Å². The number of halogens is 1. The molecule has 6 heteroatoms. The average Bonchev–Trinajstić information content (AvgIpc) is 2.94. The van der Waals surface area contributed by atoms with Crippen LogP contribution in [0, 0.1) is 6.92 Å². The van der Waals surface area contributed by atoms with Gasteiger partial charge in [-0.3, -0.25) is 9.48 Å². The highest BCUT2D eigenvalue weighted by molar-refractivity contribution is 6.31. The minimum atomic E-state index is -0.887. The molecule has 5 nitrogen and oxygen atoms in total. The Morgan fingerprint density at radius 1 is 1.52 bits per heavy atom. The first-order chi connectivity index (χ1) is 9.71. The summed E-state index contributed by atoms with van der Waals surface area (Å²) < 4.78 is 1.58. The van der Waals surface area contributed by atoms with Crippen molar-refractivity contribution in [2.75, 3.05) is 6.54 Å². The van der Waals surface area contributed by atoms with E-state index in [9.17, 15) is 9.90 Å². The normalized spacial score (nSPS) is 19.7. The van der Waals surface area contributed by atoms with E-state index < -0.39 is 5.60 Å². The summed E-state index contributed by atoms with van der Waals surface area (Å²) >= 11 is 6.14. The lowest BCUT2D eigenvalue weighted by molar-refractivity contribution is -0.131. The number of rotatable bonds is 3. The van der Waals surface area contributed by atoms with Gasteiger partial charge in [-0.15, -0.1) is 0 Å². The monoisotopic (exact) mass is 311 g/mol. The van der Waals surface area contributed by atoms with Crippen LogP contribution in [-0.2, 0) is 11.8 Å². The van der Waals surface area contributed by atoms with E-state index in [4.69, 9.17) is 11.6 Å². The molecule has 2 heterocycles. The lowest BCUT2D eigenvalue weighted by Gasteiger charge is -2.33. The molecule has 1 amide bonds. The van der Waals surface area contributed by atoms with Crippen LogP contribution in [0.3, 0.4) is 0 Å². The minimum absolute atomic E-state index is 0.0982. The average molecular weight is 312 g/mol. The van der Waals surface area contributed by atoms with Gasteiger partial charge in [0.2, 0.25) is 5.91 Å². The van der Waals surface area contributed by atoms with Crippen molar-refractivity contribution >= 4 is 23.6 Å². The molecule has 0 radical (unpaired) electrons. The van der Waals surface area contributed by atoms with Crippen molar-refractivity contribution in [1.82, 2.24) is 14.7 Å². The summed E-state index contributed by atoms with van der Waals surface area (Å²) in [4.78, 5) is 14.1. The topological polar surface area (TPSA) is 58.4 Å². The molecule has 1 aliphatic heterocycles. The van der Waals surface area contributed by atoms with E-state index in [1.165, 1.54) is 6.08 Å². The number of likely N-dealkylation sites (tertiary alicyclic amines) is 1. The van der Waals surface area contributed by atoms with E-state index in [2.05, 4.69) is 5.10 Å². The zero-order chi connectivity index (χ0) is 15.8.